The number of anilines is 1. The van der Waals surface area contributed by atoms with Gasteiger partial charge in [0.05, 0.1) is 12.2 Å². The van der Waals surface area contributed by atoms with Crippen molar-refractivity contribution in [3.63, 3.8) is 0 Å². The molecule has 0 unspecified atom stereocenters. The Bertz CT molecular complexity index is 966. The Morgan fingerprint density at radius 3 is 2.40 bits per heavy atom. The summed E-state index contributed by atoms with van der Waals surface area (Å²) in [6.45, 7) is 6.73. The van der Waals surface area contributed by atoms with Gasteiger partial charge in [0.25, 0.3) is 11.8 Å². The smallest absolute Gasteiger partial charge is 0.271 e. The van der Waals surface area contributed by atoms with E-state index in [0.29, 0.717) is 30.1 Å². The van der Waals surface area contributed by atoms with Crippen LogP contribution < -0.4 is 9.64 Å². The zero-order chi connectivity index (χ0) is 21.5. The Labute approximate surface area is 175 Å². The quantitative estimate of drug-likeness (QED) is 0.779. The van der Waals surface area contributed by atoms with E-state index in [0.717, 1.165) is 18.7 Å². The third kappa shape index (κ3) is 3.89. The van der Waals surface area contributed by atoms with Crippen molar-refractivity contribution in [1.29, 1.82) is 0 Å². The number of hydrogen-bond acceptors (Lipinski definition) is 4. The Morgan fingerprint density at radius 2 is 1.73 bits per heavy atom. The zero-order valence-corrected chi connectivity index (χ0v) is 17.5. The second kappa shape index (κ2) is 7.72. The molecule has 2 aliphatic heterocycles. The summed E-state index contributed by atoms with van der Waals surface area (Å²) in [7, 11) is 2.04. The van der Waals surface area contributed by atoms with E-state index in [1.54, 1.807) is 49.1 Å². The molecular formula is C23H26FN3O3. The number of rotatable bonds is 3. The van der Waals surface area contributed by atoms with Crippen molar-refractivity contribution in [2.24, 2.45) is 0 Å². The molecular weight excluding hydrogens is 385 g/mol. The Balaban J connectivity index is 1.66. The van der Waals surface area contributed by atoms with Crippen molar-refractivity contribution in [2.45, 2.75) is 26.0 Å². The zero-order valence-electron chi connectivity index (χ0n) is 17.5. The van der Waals surface area contributed by atoms with Gasteiger partial charge < -0.3 is 19.4 Å². The highest BCUT2D eigenvalue weighted by Gasteiger charge is 2.41. The summed E-state index contributed by atoms with van der Waals surface area (Å²) in [6.07, 6.45) is 0. The fourth-order valence-corrected chi connectivity index (χ4v) is 3.82. The maximum Gasteiger partial charge on any atom is 0.271 e. The molecule has 0 atom stereocenters. The molecule has 6 nitrogen and oxygen atoms in total. The van der Waals surface area contributed by atoms with Crippen molar-refractivity contribution in [1.82, 2.24) is 9.80 Å². The van der Waals surface area contributed by atoms with Gasteiger partial charge in [0.2, 0.25) is 0 Å². The third-order valence-corrected chi connectivity index (χ3v) is 5.67. The molecule has 158 valence electrons. The van der Waals surface area contributed by atoms with Crippen molar-refractivity contribution in [2.75, 3.05) is 38.1 Å². The van der Waals surface area contributed by atoms with Crippen LogP contribution in [0.15, 0.2) is 42.5 Å². The van der Waals surface area contributed by atoms with E-state index in [9.17, 15) is 14.0 Å². The van der Waals surface area contributed by atoms with Gasteiger partial charge in [-0.2, -0.15) is 0 Å². The van der Waals surface area contributed by atoms with Gasteiger partial charge in [0.15, 0.2) is 5.60 Å². The number of benzene rings is 2. The molecule has 0 aliphatic carbocycles. The normalized spacial score (nSPS) is 18.7. The van der Waals surface area contributed by atoms with Crippen LogP contribution in [0.5, 0.6) is 5.75 Å². The van der Waals surface area contributed by atoms with Gasteiger partial charge in [-0.25, -0.2) is 4.39 Å². The fraction of sp³-hybridized carbons (Fsp3) is 0.391. The van der Waals surface area contributed by atoms with Crippen LogP contribution in [0.4, 0.5) is 10.1 Å². The van der Waals surface area contributed by atoms with Crippen LogP contribution in [0.1, 0.15) is 29.8 Å². The number of amides is 2. The summed E-state index contributed by atoms with van der Waals surface area (Å²) < 4.78 is 19.2. The largest absolute Gasteiger partial charge is 0.476 e. The van der Waals surface area contributed by atoms with Gasteiger partial charge in [-0.1, -0.05) is 12.1 Å². The summed E-state index contributed by atoms with van der Waals surface area (Å²) in [6, 6.07) is 11.3. The van der Waals surface area contributed by atoms with Gasteiger partial charge in [0.1, 0.15) is 11.6 Å². The van der Waals surface area contributed by atoms with Crippen LogP contribution in [0.3, 0.4) is 0 Å². The van der Waals surface area contributed by atoms with E-state index in [-0.39, 0.29) is 24.2 Å². The number of ether oxygens (including phenoxy) is 1. The molecule has 0 spiro atoms. The van der Waals surface area contributed by atoms with Crippen LogP contribution in [0.25, 0.3) is 0 Å². The van der Waals surface area contributed by atoms with E-state index in [1.807, 2.05) is 11.9 Å². The maximum absolute atomic E-state index is 13.3. The average molecular weight is 411 g/mol. The van der Waals surface area contributed by atoms with Gasteiger partial charge in [-0.15, -0.1) is 0 Å². The van der Waals surface area contributed by atoms with Gasteiger partial charge in [0, 0.05) is 31.7 Å². The first-order valence-electron chi connectivity index (χ1n) is 10.1. The first kappa shape index (κ1) is 20.3. The number of likely N-dealkylation sites (N-methyl/N-ethyl adjacent to an activating group) is 1. The van der Waals surface area contributed by atoms with Crippen LogP contribution >= 0.6 is 0 Å². The first-order valence-corrected chi connectivity index (χ1v) is 10.1. The van der Waals surface area contributed by atoms with Crippen LogP contribution in [0, 0.1) is 5.82 Å². The highest BCUT2D eigenvalue weighted by atomic mass is 19.1. The molecule has 2 amide bonds. The SMILES string of the molecule is CN1CCN(C(=O)c2ccc3c(c2)N(Cc2ccc(F)cc2)C(=O)C(C)(C)O3)CC1. The van der Waals surface area contributed by atoms with Crippen LogP contribution in [-0.4, -0.2) is 60.4 Å². The standard InChI is InChI=1S/C23H26FN3O3/c1-23(2)22(29)27(15-16-4-7-18(24)8-5-16)19-14-17(6-9-20(19)30-23)21(28)26-12-10-25(3)11-13-26/h4-9,14H,10-13,15H2,1-3H3. The predicted octanol–water partition coefficient (Wildman–Crippen LogP) is 2.92. The number of carbonyl (C=O) groups excluding carboxylic acids is 2. The van der Waals surface area contributed by atoms with E-state index in [1.165, 1.54) is 12.1 Å². The van der Waals surface area contributed by atoms with Crippen LogP contribution in [0.2, 0.25) is 0 Å². The monoisotopic (exact) mass is 411 g/mol. The van der Waals surface area contributed by atoms with E-state index < -0.39 is 5.60 Å². The van der Waals surface area contributed by atoms with Gasteiger partial charge in [-0.3, -0.25) is 9.59 Å². The summed E-state index contributed by atoms with van der Waals surface area (Å²) in [5.41, 5.74) is 0.849. The number of hydrogen-bond donors (Lipinski definition) is 0. The molecule has 7 heteroatoms. The highest BCUT2D eigenvalue weighted by Crippen LogP contribution is 2.39. The van der Waals surface area contributed by atoms with E-state index >= 15 is 0 Å². The molecule has 30 heavy (non-hydrogen) atoms. The lowest BCUT2D eigenvalue weighted by molar-refractivity contribution is -0.132. The Kier molecular flexibility index (Phi) is 5.24. The molecule has 2 heterocycles. The molecule has 2 aromatic carbocycles. The van der Waals surface area contributed by atoms with E-state index in [2.05, 4.69) is 4.90 Å². The number of fused-ring (bicyclic) bond motifs is 1. The second-order valence-corrected chi connectivity index (χ2v) is 8.41. The lowest BCUT2D eigenvalue weighted by atomic mass is 10.0. The van der Waals surface area contributed by atoms with Gasteiger partial charge in [-0.05, 0) is 56.8 Å². The molecule has 0 bridgehead atoms. The number of piperazine rings is 1. The molecule has 0 radical (unpaired) electrons. The topological polar surface area (TPSA) is 53.1 Å². The minimum absolute atomic E-state index is 0.0510. The average Bonchev–Trinajstić information content (AvgIpc) is 2.72. The molecule has 0 saturated carbocycles. The minimum Gasteiger partial charge on any atom is -0.476 e. The molecule has 1 saturated heterocycles. The Morgan fingerprint density at radius 1 is 1.07 bits per heavy atom. The summed E-state index contributed by atoms with van der Waals surface area (Å²) >= 11 is 0. The highest BCUT2D eigenvalue weighted by molar-refractivity contribution is 6.04. The maximum atomic E-state index is 13.3. The minimum atomic E-state index is -1.03. The number of halogens is 1. The van der Waals surface area contributed by atoms with Crippen LogP contribution in [-0.2, 0) is 11.3 Å². The Hall–Kier alpha value is -2.93. The molecule has 4 rings (SSSR count). The summed E-state index contributed by atoms with van der Waals surface area (Å²) in [4.78, 5) is 31.8. The van der Waals surface area contributed by atoms with Crippen molar-refractivity contribution < 1.29 is 18.7 Å². The molecule has 0 aromatic heterocycles. The summed E-state index contributed by atoms with van der Waals surface area (Å²) in [5.74, 6) is -0.0297. The molecule has 2 aliphatic rings. The van der Waals surface area contributed by atoms with Crippen molar-refractivity contribution >= 4 is 17.5 Å². The second-order valence-electron chi connectivity index (χ2n) is 8.41. The van der Waals surface area contributed by atoms with Gasteiger partial charge >= 0.3 is 0 Å². The molecule has 1 fully saturated rings. The number of carbonyl (C=O) groups is 2. The van der Waals surface area contributed by atoms with Crippen molar-refractivity contribution in [3.8, 4) is 5.75 Å². The lowest BCUT2D eigenvalue weighted by Gasteiger charge is -2.39. The first-order chi connectivity index (χ1) is 14.2. The molecule has 2 aromatic rings. The van der Waals surface area contributed by atoms with E-state index in [4.69, 9.17) is 4.74 Å². The predicted molar refractivity (Wildman–Crippen MR) is 112 cm³/mol. The molecule has 0 N–H and O–H groups in total. The summed E-state index contributed by atoms with van der Waals surface area (Å²) in [5, 5.41) is 0. The number of nitrogens with zero attached hydrogens (tertiary/aromatic N) is 3. The van der Waals surface area contributed by atoms with Crippen molar-refractivity contribution in [3.05, 3.63) is 59.4 Å². The third-order valence-electron chi connectivity index (χ3n) is 5.67. The lowest BCUT2D eigenvalue weighted by Crippen LogP contribution is -2.52. The fourth-order valence-electron chi connectivity index (χ4n) is 3.82.